The number of aromatic amines is 1. The number of aromatic nitrogens is 2. The van der Waals surface area contributed by atoms with E-state index in [1.165, 1.54) is 30.5 Å². The minimum absolute atomic E-state index is 0.0859. The van der Waals surface area contributed by atoms with Gasteiger partial charge in [-0.2, -0.15) is 5.10 Å². The zero-order valence-electron chi connectivity index (χ0n) is 8.88. The largest absolute Gasteiger partial charge is 0.307 e. The smallest absolute Gasteiger partial charge is 0.300 e. The number of nitro benzene ring substituents is 1. The SMILES string of the molecule is O=C(Nc1ccn[nH]1)c1cccc(Cl)c1[N+](=O)[O-]. The standard InChI is InChI=1S/C10H7ClN4O3/c11-7-3-1-2-6(9(7)15(17)18)10(16)13-8-4-5-12-14-8/h1-5H,(H2,12,13,14,16). The van der Waals surface area contributed by atoms with Crippen molar-refractivity contribution in [3.8, 4) is 0 Å². The molecule has 1 amide bonds. The van der Waals surface area contributed by atoms with E-state index < -0.39 is 16.5 Å². The van der Waals surface area contributed by atoms with Crippen LogP contribution in [0.5, 0.6) is 0 Å². The van der Waals surface area contributed by atoms with Gasteiger partial charge in [0.25, 0.3) is 5.91 Å². The maximum Gasteiger partial charge on any atom is 0.300 e. The number of nitrogens with zero attached hydrogens (tertiary/aromatic N) is 2. The van der Waals surface area contributed by atoms with E-state index >= 15 is 0 Å². The van der Waals surface area contributed by atoms with Gasteiger partial charge in [0.1, 0.15) is 16.4 Å². The van der Waals surface area contributed by atoms with E-state index in [0.717, 1.165) is 0 Å². The van der Waals surface area contributed by atoms with E-state index in [4.69, 9.17) is 11.6 Å². The van der Waals surface area contributed by atoms with Crippen LogP contribution in [0, 0.1) is 10.1 Å². The van der Waals surface area contributed by atoms with Gasteiger partial charge < -0.3 is 5.32 Å². The van der Waals surface area contributed by atoms with Gasteiger partial charge in [-0.15, -0.1) is 0 Å². The molecule has 18 heavy (non-hydrogen) atoms. The summed E-state index contributed by atoms with van der Waals surface area (Å²) in [5.74, 6) is -0.289. The maximum absolute atomic E-state index is 11.9. The van der Waals surface area contributed by atoms with Crippen molar-refractivity contribution in [2.24, 2.45) is 0 Å². The topological polar surface area (TPSA) is 101 Å². The first-order chi connectivity index (χ1) is 8.59. The second-order valence-corrected chi connectivity index (χ2v) is 3.72. The lowest BCUT2D eigenvalue weighted by Gasteiger charge is -2.04. The normalized spacial score (nSPS) is 10.1. The lowest BCUT2D eigenvalue weighted by Crippen LogP contribution is -2.14. The number of nitrogens with one attached hydrogen (secondary N) is 2. The minimum atomic E-state index is -0.690. The average Bonchev–Trinajstić information content (AvgIpc) is 2.80. The molecule has 2 rings (SSSR count). The highest BCUT2D eigenvalue weighted by atomic mass is 35.5. The summed E-state index contributed by atoms with van der Waals surface area (Å²) in [6, 6.07) is 5.67. The Bertz CT molecular complexity index is 597. The van der Waals surface area contributed by atoms with Crippen LogP contribution in [-0.4, -0.2) is 21.0 Å². The number of carbonyl (C=O) groups excluding carboxylic acids is 1. The first-order valence-corrected chi connectivity index (χ1v) is 5.21. The van der Waals surface area contributed by atoms with Crippen LogP contribution >= 0.6 is 11.6 Å². The number of anilines is 1. The summed E-state index contributed by atoms with van der Waals surface area (Å²) in [5, 5.41) is 19.4. The van der Waals surface area contributed by atoms with Crippen molar-refractivity contribution < 1.29 is 9.72 Å². The summed E-state index contributed by atoms with van der Waals surface area (Å²) in [6.07, 6.45) is 1.45. The van der Waals surface area contributed by atoms with Crippen molar-refractivity contribution in [3.05, 3.63) is 51.2 Å². The second-order valence-electron chi connectivity index (χ2n) is 3.32. The molecule has 7 nitrogen and oxygen atoms in total. The number of para-hydroxylation sites is 1. The Kier molecular flexibility index (Phi) is 3.24. The van der Waals surface area contributed by atoms with Gasteiger partial charge in [-0.25, -0.2) is 0 Å². The number of H-pyrrole nitrogens is 1. The molecule has 92 valence electrons. The lowest BCUT2D eigenvalue weighted by atomic mass is 10.1. The van der Waals surface area contributed by atoms with E-state index in [-0.39, 0.29) is 10.6 Å². The Morgan fingerprint density at radius 1 is 1.44 bits per heavy atom. The number of rotatable bonds is 3. The fraction of sp³-hybridized carbons (Fsp3) is 0. The van der Waals surface area contributed by atoms with Crippen LogP contribution in [0.15, 0.2) is 30.5 Å². The molecule has 0 bridgehead atoms. The molecule has 0 spiro atoms. The molecule has 8 heteroatoms. The van der Waals surface area contributed by atoms with Gasteiger partial charge in [0.2, 0.25) is 0 Å². The zero-order valence-corrected chi connectivity index (χ0v) is 9.64. The Hall–Kier alpha value is -2.41. The average molecular weight is 267 g/mol. The molecule has 2 N–H and O–H groups in total. The van der Waals surface area contributed by atoms with Gasteiger partial charge >= 0.3 is 5.69 Å². The first-order valence-electron chi connectivity index (χ1n) is 4.83. The van der Waals surface area contributed by atoms with Gasteiger partial charge in [0.15, 0.2) is 0 Å². The Morgan fingerprint density at radius 2 is 2.22 bits per heavy atom. The summed E-state index contributed by atoms with van der Waals surface area (Å²) in [5.41, 5.74) is -0.529. The summed E-state index contributed by atoms with van der Waals surface area (Å²) < 4.78 is 0. The molecule has 0 radical (unpaired) electrons. The van der Waals surface area contributed by atoms with Crippen molar-refractivity contribution in [1.29, 1.82) is 0 Å². The van der Waals surface area contributed by atoms with Crippen molar-refractivity contribution in [3.63, 3.8) is 0 Å². The number of hydrogen-bond acceptors (Lipinski definition) is 4. The van der Waals surface area contributed by atoms with E-state index in [2.05, 4.69) is 15.5 Å². The van der Waals surface area contributed by atoms with E-state index in [0.29, 0.717) is 5.82 Å². The molecule has 0 unspecified atom stereocenters. The van der Waals surface area contributed by atoms with Crippen molar-refractivity contribution in [1.82, 2.24) is 10.2 Å². The summed E-state index contributed by atoms with van der Waals surface area (Å²) in [4.78, 5) is 22.0. The minimum Gasteiger partial charge on any atom is -0.307 e. The zero-order chi connectivity index (χ0) is 13.1. The third-order valence-corrected chi connectivity index (χ3v) is 2.47. The van der Waals surface area contributed by atoms with Crippen LogP contribution in [0.1, 0.15) is 10.4 Å². The molecule has 0 saturated heterocycles. The molecule has 1 heterocycles. The Morgan fingerprint density at radius 3 is 2.83 bits per heavy atom. The summed E-state index contributed by atoms with van der Waals surface area (Å²) >= 11 is 5.71. The van der Waals surface area contributed by atoms with Crippen LogP contribution in [0.25, 0.3) is 0 Å². The predicted octanol–water partition coefficient (Wildman–Crippen LogP) is 2.22. The van der Waals surface area contributed by atoms with Crippen LogP contribution in [0.2, 0.25) is 5.02 Å². The van der Waals surface area contributed by atoms with Gasteiger partial charge in [0, 0.05) is 6.07 Å². The van der Waals surface area contributed by atoms with Gasteiger partial charge in [0.05, 0.1) is 11.1 Å². The molecule has 1 aromatic heterocycles. The number of benzene rings is 1. The maximum atomic E-state index is 11.9. The quantitative estimate of drug-likeness (QED) is 0.657. The molecule has 0 atom stereocenters. The highest BCUT2D eigenvalue weighted by molar-refractivity contribution is 6.33. The summed E-state index contributed by atoms with van der Waals surface area (Å²) in [6.45, 7) is 0. The molecule has 0 saturated carbocycles. The predicted molar refractivity (Wildman–Crippen MR) is 64.6 cm³/mol. The molecule has 0 aliphatic heterocycles. The number of nitro groups is 1. The third-order valence-electron chi connectivity index (χ3n) is 2.16. The fourth-order valence-electron chi connectivity index (χ4n) is 1.40. The molecule has 0 aliphatic rings. The van der Waals surface area contributed by atoms with Gasteiger partial charge in [-0.3, -0.25) is 20.0 Å². The van der Waals surface area contributed by atoms with Gasteiger partial charge in [-0.05, 0) is 12.1 Å². The van der Waals surface area contributed by atoms with Crippen LogP contribution in [0.3, 0.4) is 0 Å². The highest BCUT2D eigenvalue weighted by Crippen LogP contribution is 2.28. The Balaban J connectivity index is 2.36. The number of carbonyl (C=O) groups is 1. The van der Waals surface area contributed by atoms with E-state index in [9.17, 15) is 14.9 Å². The highest BCUT2D eigenvalue weighted by Gasteiger charge is 2.23. The second kappa shape index (κ2) is 4.84. The van der Waals surface area contributed by atoms with Crippen molar-refractivity contribution in [2.75, 3.05) is 5.32 Å². The fourth-order valence-corrected chi connectivity index (χ4v) is 1.64. The monoisotopic (exact) mass is 266 g/mol. The summed E-state index contributed by atoms with van der Waals surface area (Å²) in [7, 11) is 0. The number of halogens is 1. The molecule has 0 fully saturated rings. The van der Waals surface area contributed by atoms with Crippen LogP contribution < -0.4 is 5.32 Å². The Labute approximate surface area is 106 Å². The lowest BCUT2D eigenvalue weighted by molar-refractivity contribution is -0.385. The molecule has 0 aliphatic carbocycles. The molecule has 1 aromatic carbocycles. The van der Waals surface area contributed by atoms with Crippen LogP contribution in [0.4, 0.5) is 11.5 Å². The van der Waals surface area contributed by atoms with Crippen LogP contribution in [-0.2, 0) is 0 Å². The number of amides is 1. The van der Waals surface area contributed by atoms with Gasteiger partial charge in [-0.1, -0.05) is 17.7 Å². The molecule has 2 aromatic rings. The third kappa shape index (κ3) is 2.30. The van der Waals surface area contributed by atoms with E-state index in [1.54, 1.807) is 0 Å². The van der Waals surface area contributed by atoms with Crippen molar-refractivity contribution in [2.45, 2.75) is 0 Å². The molecular formula is C10H7ClN4O3. The first kappa shape index (κ1) is 12.1. The van der Waals surface area contributed by atoms with E-state index in [1.807, 2.05) is 0 Å². The number of hydrogen-bond donors (Lipinski definition) is 2. The molecular weight excluding hydrogens is 260 g/mol. The van der Waals surface area contributed by atoms with Crippen molar-refractivity contribution >= 4 is 29.0 Å².